The van der Waals surface area contributed by atoms with Gasteiger partial charge in [-0.05, 0) is 12.8 Å². The first-order chi connectivity index (χ1) is 8.60. The highest BCUT2D eigenvalue weighted by Crippen LogP contribution is 2.24. The molecular formula is C15H31NO2. The lowest BCUT2D eigenvalue weighted by atomic mass is 10.0. The molecule has 3 atom stereocenters. The molecule has 1 fully saturated rings. The molecule has 1 heterocycles. The molecule has 0 aliphatic carbocycles. The summed E-state index contributed by atoms with van der Waals surface area (Å²) in [7, 11) is 1.84. The Morgan fingerprint density at radius 1 is 1.06 bits per heavy atom. The highest BCUT2D eigenvalue weighted by molar-refractivity contribution is 4.70. The molecule has 0 aromatic heterocycles. The van der Waals surface area contributed by atoms with Crippen LogP contribution < -0.4 is 0 Å². The van der Waals surface area contributed by atoms with E-state index >= 15 is 0 Å². The third-order valence-corrected chi connectivity index (χ3v) is 4.13. The number of quaternary nitrogens is 1. The second-order valence-corrected chi connectivity index (χ2v) is 5.96. The standard InChI is InChI=1S/C15H31NO2/c1-4-6-8-10-14-13-18-15(11-9-7-5-2)12-16(14,3)17/h14-15H,4-13H2,1-3H3. The molecule has 3 nitrogen and oxygen atoms in total. The van der Waals surface area contributed by atoms with Crippen LogP contribution in [0.25, 0.3) is 0 Å². The van der Waals surface area contributed by atoms with Gasteiger partial charge in [-0.25, -0.2) is 0 Å². The van der Waals surface area contributed by atoms with Crippen molar-refractivity contribution in [2.24, 2.45) is 0 Å². The van der Waals surface area contributed by atoms with Crippen molar-refractivity contribution in [3.8, 4) is 0 Å². The largest absolute Gasteiger partial charge is 0.633 e. The summed E-state index contributed by atoms with van der Waals surface area (Å²) in [6.07, 6.45) is 9.58. The molecule has 0 spiro atoms. The summed E-state index contributed by atoms with van der Waals surface area (Å²) in [5.74, 6) is 0. The number of rotatable bonds is 8. The zero-order chi connectivity index (χ0) is 13.4. The molecule has 0 aromatic carbocycles. The normalized spacial score (nSPS) is 32.7. The molecule has 3 unspecified atom stereocenters. The van der Waals surface area contributed by atoms with E-state index in [2.05, 4.69) is 13.8 Å². The van der Waals surface area contributed by atoms with E-state index in [9.17, 15) is 5.21 Å². The Bertz CT molecular complexity index is 219. The van der Waals surface area contributed by atoms with Crippen LogP contribution in [0.4, 0.5) is 0 Å². The van der Waals surface area contributed by atoms with Crippen LogP contribution in [0.3, 0.4) is 0 Å². The van der Waals surface area contributed by atoms with Crippen molar-refractivity contribution in [1.29, 1.82) is 0 Å². The number of hydroxylamine groups is 3. The van der Waals surface area contributed by atoms with Crippen LogP contribution in [-0.4, -0.2) is 37.0 Å². The first-order valence-electron chi connectivity index (χ1n) is 7.78. The molecule has 1 saturated heterocycles. The Morgan fingerprint density at radius 2 is 1.67 bits per heavy atom. The van der Waals surface area contributed by atoms with Gasteiger partial charge in [0.1, 0.15) is 18.7 Å². The zero-order valence-corrected chi connectivity index (χ0v) is 12.5. The molecule has 0 aromatic rings. The van der Waals surface area contributed by atoms with E-state index in [1.54, 1.807) is 0 Å². The monoisotopic (exact) mass is 257 g/mol. The zero-order valence-electron chi connectivity index (χ0n) is 12.5. The van der Waals surface area contributed by atoms with Gasteiger partial charge in [-0.3, -0.25) is 0 Å². The summed E-state index contributed by atoms with van der Waals surface area (Å²) >= 11 is 0. The van der Waals surface area contributed by atoms with Gasteiger partial charge < -0.3 is 14.6 Å². The summed E-state index contributed by atoms with van der Waals surface area (Å²) < 4.78 is 5.80. The van der Waals surface area contributed by atoms with Crippen molar-refractivity contribution in [1.82, 2.24) is 0 Å². The van der Waals surface area contributed by atoms with Gasteiger partial charge >= 0.3 is 0 Å². The summed E-state index contributed by atoms with van der Waals surface area (Å²) in [4.78, 5) is 0. The van der Waals surface area contributed by atoms with Gasteiger partial charge in [-0.2, -0.15) is 0 Å². The lowest BCUT2D eigenvalue weighted by molar-refractivity contribution is -0.899. The maximum atomic E-state index is 12.5. The van der Waals surface area contributed by atoms with Crippen LogP contribution in [0.5, 0.6) is 0 Å². The molecule has 1 aliphatic rings. The van der Waals surface area contributed by atoms with Gasteiger partial charge in [0.25, 0.3) is 0 Å². The van der Waals surface area contributed by atoms with Gasteiger partial charge in [0.2, 0.25) is 0 Å². The van der Waals surface area contributed by atoms with E-state index in [0.717, 1.165) is 12.8 Å². The third kappa shape index (κ3) is 5.25. The van der Waals surface area contributed by atoms with Crippen molar-refractivity contribution in [3.63, 3.8) is 0 Å². The number of morpholine rings is 1. The topological polar surface area (TPSA) is 32.3 Å². The molecule has 0 bridgehead atoms. The third-order valence-electron chi connectivity index (χ3n) is 4.13. The minimum absolute atomic E-state index is 0.0828. The molecule has 108 valence electrons. The molecule has 0 N–H and O–H groups in total. The fraction of sp³-hybridized carbons (Fsp3) is 1.00. The number of unbranched alkanes of at least 4 members (excludes halogenated alkanes) is 4. The number of likely N-dealkylation sites (N-methyl/N-ethyl adjacent to an activating group) is 1. The molecule has 3 heteroatoms. The SMILES string of the molecule is CCCCCC1C[N+](C)([O-])C(CCCCC)CO1. The van der Waals surface area contributed by atoms with E-state index in [1.807, 2.05) is 7.05 Å². The quantitative estimate of drug-likeness (QED) is 0.376. The number of nitrogens with zero attached hydrogens (tertiary/aromatic N) is 1. The Hall–Kier alpha value is -0.120. The van der Waals surface area contributed by atoms with Gasteiger partial charge in [-0.1, -0.05) is 46.0 Å². The Morgan fingerprint density at radius 3 is 2.22 bits per heavy atom. The van der Waals surface area contributed by atoms with Crippen molar-refractivity contribution in [2.75, 3.05) is 20.2 Å². The van der Waals surface area contributed by atoms with E-state index in [1.165, 1.54) is 38.5 Å². The smallest absolute Gasteiger partial charge is 0.112 e. The summed E-state index contributed by atoms with van der Waals surface area (Å²) in [6.45, 7) is 5.73. The number of ether oxygens (including phenoxy) is 1. The summed E-state index contributed by atoms with van der Waals surface area (Å²) in [5, 5.41) is 12.5. The van der Waals surface area contributed by atoms with Crippen molar-refractivity contribution in [2.45, 2.75) is 77.4 Å². The lowest BCUT2D eigenvalue weighted by Crippen LogP contribution is -2.58. The first kappa shape index (κ1) is 15.9. The van der Waals surface area contributed by atoms with Crippen molar-refractivity contribution >= 4 is 0 Å². The van der Waals surface area contributed by atoms with Gasteiger partial charge in [-0.15, -0.1) is 0 Å². The fourth-order valence-electron chi connectivity index (χ4n) is 2.79. The molecule has 0 amide bonds. The summed E-state index contributed by atoms with van der Waals surface area (Å²) in [6, 6.07) is 0.166. The number of hydrogen-bond donors (Lipinski definition) is 0. The fourth-order valence-corrected chi connectivity index (χ4v) is 2.79. The minimum Gasteiger partial charge on any atom is -0.633 e. The minimum atomic E-state index is -0.0828. The second-order valence-electron chi connectivity index (χ2n) is 5.96. The van der Waals surface area contributed by atoms with Gasteiger partial charge in [0.05, 0.1) is 13.7 Å². The van der Waals surface area contributed by atoms with E-state index in [0.29, 0.717) is 13.2 Å². The highest BCUT2D eigenvalue weighted by atomic mass is 16.6. The average Bonchev–Trinajstić information content (AvgIpc) is 2.32. The second kappa shape index (κ2) is 8.13. The molecule has 18 heavy (non-hydrogen) atoms. The maximum absolute atomic E-state index is 12.5. The maximum Gasteiger partial charge on any atom is 0.112 e. The average molecular weight is 257 g/mol. The predicted octanol–water partition coefficient (Wildman–Crippen LogP) is 3.86. The van der Waals surface area contributed by atoms with Crippen LogP contribution in [0.15, 0.2) is 0 Å². The van der Waals surface area contributed by atoms with Crippen LogP contribution >= 0.6 is 0 Å². The van der Waals surface area contributed by atoms with Crippen LogP contribution in [-0.2, 0) is 4.74 Å². The first-order valence-corrected chi connectivity index (χ1v) is 7.78. The van der Waals surface area contributed by atoms with E-state index in [4.69, 9.17) is 4.74 Å². The van der Waals surface area contributed by atoms with Crippen LogP contribution in [0.2, 0.25) is 0 Å². The lowest BCUT2D eigenvalue weighted by Gasteiger charge is -2.50. The molecule has 0 saturated carbocycles. The van der Waals surface area contributed by atoms with Crippen LogP contribution in [0.1, 0.15) is 65.2 Å². The van der Waals surface area contributed by atoms with E-state index < -0.39 is 0 Å². The highest BCUT2D eigenvalue weighted by Gasteiger charge is 2.33. The molecule has 1 aliphatic heterocycles. The van der Waals surface area contributed by atoms with Crippen LogP contribution in [0, 0.1) is 5.21 Å². The van der Waals surface area contributed by atoms with Gasteiger partial charge in [0, 0.05) is 6.42 Å². The molecular weight excluding hydrogens is 226 g/mol. The van der Waals surface area contributed by atoms with E-state index in [-0.39, 0.29) is 16.8 Å². The van der Waals surface area contributed by atoms with Gasteiger partial charge in [0.15, 0.2) is 0 Å². The number of hydrogen-bond acceptors (Lipinski definition) is 2. The summed E-state index contributed by atoms with van der Waals surface area (Å²) in [5.41, 5.74) is 0. The van der Waals surface area contributed by atoms with Crippen molar-refractivity contribution < 1.29 is 9.38 Å². The Kier molecular flexibility index (Phi) is 7.20. The molecule has 0 radical (unpaired) electrons. The molecule has 1 rings (SSSR count). The Balaban J connectivity index is 2.30. The van der Waals surface area contributed by atoms with Crippen molar-refractivity contribution in [3.05, 3.63) is 5.21 Å². The predicted molar refractivity (Wildman–Crippen MR) is 76.2 cm³/mol. The Labute approximate surface area is 113 Å².